The van der Waals surface area contributed by atoms with Crippen LogP contribution in [0.15, 0.2) is 123 Å². The van der Waals surface area contributed by atoms with Gasteiger partial charge in [0.05, 0.1) is 33.8 Å². The zero-order valence-corrected chi connectivity index (χ0v) is 21.8. The maximum atomic E-state index is 8.11. The van der Waals surface area contributed by atoms with Crippen LogP contribution >= 0.6 is 0 Å². The van der Waals surface area contributed by atoms with Crippen molar-refractivity contribution in [3.05, 3.63) is 144 Å². The lowest BCUT2D eigenvalue weighted by atomic mass is 10.2. The van der Waals surface area contributed by atoms with Crippen molar-refractivity contribution in [3.8, 4) is 28.7 Å². The van der Waals surface area contributed by atoms with E-state index >= 15 is 0 Å². The Morgan fingerprint density at radius 2 is 0.854 bits per heavy atom. The van der Waals surface area contributed by atoms with E-state index in [0.717, 1.165) is 5.69 Å². The smallest absolute Gasteiger partial charge is 0.356 e. The van der Waals surface area contributed by atoms with Crippen LogP contribution < -0.4 is 31.7 Å². The summed E-state index contributed by atoms with van der Waals surface area (Å²) < 4.78 is 9.46. The van der Waals surface area contributed by atoms with Crippen molar-refractivity contribution >= 4 is 5.69 Å². The van der Waals surface area contributed by atoms with Crippen molar-refractivity contribution in [1.82, 2.24) is 23.3 Å². The third kappa shape index (κ3) is 4.90. The molecule has 6 aromatic heterocycles. The van der Waals surface area contributed by atoms with Crippen LogP contribution in [0.4, 0.5) is 5.69 Å². The topological polar surface area (TPSA) is 158 Å². The van der Waals surface area contributed by atoms with E-state index in [1.54, 1.807) is 73.1 Å². The second-order valence-corrected chi connectivity index (χ2v) is 9.32. The number of anilines is 1. The fourth-order valence-electron chi connectivity index (χ4n) is 4.48. The van der Waals surface area contributed by atoms with Crippen LogP contribution in [-0.4, -0.2) is 23.3 Å². The lowest BCUT2D eigenvalue weighted by Crippen LogP contribution is -2.34. The Morgan fingerprint density at radius 3 is 1.29 bits per heavy atom. The van der Waals surface area contributed by atoms with Gasteiger partial charge < -0.3 is 41.1 Å². The molecule has 0 bridgehead atoms. The summed E-state index contributed by atoms with van der Waals surface area (Å²) in [5.74, 6) is 1.13. The summed E-state index contributed by atoms with van der Waals surface area (Å²) in [6.07, 6.45) is 18.1. The molecule has 0 radical (unpaired) electrons. The van der Waals surface area contributed by atoms with Gasteiger partial charge in [0.2, 0.25) is 0 Å². The second-order valence-electron chi connectivity index (χ2n) is 9.32. The van der Waals surface area contributed by atoms with Crippen molar-refractivity contribution in [1.29, 1.82) is 21.6 Å². The highest BCUT2D eigenvalue weighted by atomic mass is 15.2. The number of rotatable bonds is 5. The molecule has 0 aliphatic rings. The first-order valence-corrected chi connectivity index (χ1v) is 12.7. The first-order valence-electron chi connectivity index (χ1n) is 12.7. The summed E-state index contributed by atoms with van der Waals surface area (Å²) in [6, 6.07) is 17.2. The average Bonchev–Trinajstić information content (AvgIpc) is 2.98. The van der Waals surface area contributed by atoms with Crippen molar-refractivity contribution in [2.75, 3.05) is 5.73 Å². The molecule has 0 saturated heterocycles. The number of hydrogen-bond acceptors (Lipinski definition) is 6. The van der Waals surface area contributed by atoms with Crippen LogP contribution in [0.1, 0.15) is 0 Å². The molecule has 0 aromatic carbocycles. The minimum atomic E-state index is 0.365. The van der Waals surface area contributed by atoms with Crippen molar-refractivity contribution in [2.24, 2.45) is 0 Å². The zero-order valence-electron chi connectivity index (χ0n) is 21.8. The van der Waals surface area contributed by atoms with Crippen molar-refractivity contribution < 1.29 is 4.57 Å². The summed E-state index contributed by atoms with van der Waals surface area (Å²) in [7, 11) is 0. The van der Waals surface area contributed by atoms with Gasteiger partial charge in [0.15, 0.2) is 5.69 Å². The van der Waals surface area contributed by atoms with Gasteiger partial charge in [0.25, 0.3) is 5.82 Å². The van der Waals surface area contributed by atoms with Gasteiger partial charge >= 0.3 is 5.82 Å². The van der Waals surface area contributed by atoms with Gasteiger partial charge in [-0.25, -0.2) is 4.57 Å². The Labute approximate surface area is 233 Å². The van der Waals surface area contributed by atoms with E-state index in [1.807, 2.05) is 72.4 Å². The molecule has 0 saturated carbocycles. The predicted octanol–water partition coefficient (Wildman–Crippen LogP) is 2.02. The molecule has 6 N–H and O–H groups in total. The predicted molar refractivity (Wildman–Crippen MR) is 151 cm³/mol. The lowest BCUT2D eigenvalue weighted by Gasteiger charge is -2.22. The molecular formula is C30H26N11+. The average molecular weight is 541 g/mol. The zero-order chi connectivity index (χ0) is 28.5. The molecule has 0 atom stereocenters. The van der Waals surface area contributed by atoms with Gasteiger partial charge in [-0.1, -0.05) is 0 Å². The van der Waals surface area contributed by atoms with E-state index in [9.17, 15) is 0 Å². The van der Waals surface area contributed by atoms with Gasteiger partial charge in [-0.15, -0.1) is 0 Å². The maximum absolute atomic E-state index is 8.11. The minimum absolute atomic E-state index is 0.365. The fraction of sp³-hybridized carbons (Fsp3) is 0. The molecule has 11 heteroatoms. The van der Waals surface area contributed by atoms with E-state index in [-0.39, 0.29) is 0 Å². The number of pyridine rings is 6. The Balaban J connectivity index is 1.86. The number of nitrogens with zero attached hydrogens (tertiary/aromatic N) is 6. The number of hydrogen-bond donors (Lipinski definition) is 5. The molecule has 0 aliphatic heterocycles. The summed E-state index contributed by atoms with van der Waals surface area (Å²) in [5, 5.41) is 33.8. The highest BCUT2D eigenvalue weighted by Gasteiger charge is 2.31. The van der Waals surface area contributed by atoms with Crippen LogP contribution in [0.5, 0.6) is 0 Å². The summed E-state index contributed by atoms with van der Waals surface area (Å²) >= 11 is 0. The first-order chi connectivity index (χ1) is 19.9. The molecule has 11 nitrogen and oxygen atoms in total. The molecule has 0 aliphatic carbocycles. The summed E-state index contributed by atoms with van der Waals surface area (Å²) in [5.41, 5.74) is 8.75. The second kappa shape index (κ2) is 10.2. The minimum Gasteiger partial charge on any atom is -0.399 e. The normalized spacial score (nSPS) is 10.9. The molecule has 6 heterocycles. The number of nitrogen functional groups attached to an aromatic ring is 1. The Hall–Kier alpha value is -6.10. The van der Waals surface area contributed by atoms with Gasteiger partial charge in [-0.05, 0) is 53.5 Å². The molecule has 41 heavy (non-hydrogen) atoms. The van der Waals surface area contributed by atoms with E-state index < -0.39 is 0 Å². The Bertz CT molecular complexity index is 2070. The third-order valence-electron chi connectivity index (χ3n) is 6.52. The first kappa shape index (κ1) is 25.2. The fourth-order valence-corrected chi connectivity index (χ4v) is 4.48. The summed E-state index contributed by atoms with van der Waals surface area (Å²) in [6.45, 7) is 0. The molecule has 0 amide bonds. The number of aromatic nitrogens is 6. The molecule has 6 aromatic rings. The van der Waals surface area contributed by atoms with E-state index in [0.29, 0.717) is 50.1 Å². The van der Waals surface area contributed by atoms with E-state index in [2.05, 4.69) is 0 Å². The van der Waals surface area contributed by atoms with Gasteiger partial charge in [-0.3, -0.25) is 4.57 Å². The highest BCUT2D eigenvalue weighted by molar-refractivity contribution is 5.74. The maximum Gasteiger partial charge on any atom is 0.356 e. The number of nitrogens with one attached hydrogen (secondary N) is 4. The van der Waals surface area contributed by atoms with Crippen molar-refractivity contribution in [2.45, 2.75) is 0 Å². The molecule has 6 rings (SSSR count). The Kier molecular flexibility index (Phi) is 6.28. The molecular weight excluding hydrogens is 514 g/mol. The monoisotopic (exact) mass is 540 g/mol. The molecule has 0 unspecified atom stereocenters. The van der Waals surface area contributed by atoms with Gasteiger partial charge in [0, 0.05) is 67.4 Å². The van der Waals surface area contributed by atoms with Crippen LogP contribution in [0, 0.1) is 21.6 Å². The van der Waals surface area contributed by atoms with Crippen molar-refractivity contribution in [3.63, 3.8) is 0 Å². The van der Waals surface area contributed by atoms with Gasteiger partial charge in [0.1, 0.15) is 11.4 Å². The van der Waals surface area contributed by atoms with Crippen LogP contribution in [0.2, 0.25) is 0 Å². The largest absolute Gasteiger partial charge is 0.399 e. The summed E-state index contributed by atoms with van der Waals surface area (Å²) in [4.78, 5) is 5.21. The Morgan fingerprint density at radius 1 is 0.488 bits per heavy atom. The molecule has 200 valence electrons. The molecule has 0 spiro atoms. The van der Waals surface area contributed by atoms with E-state index in [1.165, 1.54) is 0 Å². The lowest BCUT2D eigenvalue weighted by molar-refractivity contribution is -0.599. The SMILES string of the molecule is N=c1ccn(-c2nc(-[n+]3ccc(N)cc3)c(-n3ccc(=N)cc3)c(-n3ccc(=N)cc3)c2-n2ccc(=N)cc2)cc1. The quantitative estimate of drug-likeness (QED) is 0.212. The van der Waals surface area contributed by atoms with Gasteiger partial charge in [-0.2, -0.15) is 0 Å². The van der Waals surface area contributed by atoms with Crippen LogP contribution in [-0.2, 0) is 0 Å². The highest BCUT2D eigenvalue weighted by Crippen LogP contribution is 2.33. The third-order valence-corrected chi connectivity index (χ3v) is 6.52. The van der Waals surface area contributed by atoms with E-state index in [4.69, 9.17) is 32.4 Å². The van der Waals surface area contributed by atoms with Crippen LogP contribution in [0.25, 0.3) is 28.7 Å². The standard InChI is InChI=1S/C30H25N11/c31-21-1-11-37(12-2-21)26-27(38-13-3-22(32)4-14-38)29(40-17-7-24(34)8-18-40)36-30(41-19-9-25(35)10-20-41)28(26)39-15-5-23(33)6-16-39/h1-20,31-35H/p+1. The van der Waals surface area contributed by atoms with Crippen LogP contribution in [0.3, 0.4) is 0 Å². The molecule has 0 fully saturated rings. The number of nitrogens with two attached hydrogens (primary N) is 1.